The Morgan fingerprint density at radius 1 is 1.00 bits per heavy atom. The summed E-state index contributed by atoms with van der Waals surface area (Å²) in [5.41, 5.74) is 4.17. The molecule has 4 nitrogen and oxygen atoms in total. The summed E-state index contributed by atoms with van der Waals surface area (Å²) < 4.78 is 24.0. The lowest BCUT2D eigenvalue weighted by atomic mass is 10.0. The molecule has 1 aromatic carbocycles. The Balaban J connectivity index is 2.15. The van der Waals surface area contributed by atoms with Crippen LogP contribution in [0.1, 0.15) is 5.69 Å². The fourth-order valence-corrected chi connectivity index (χ4v) is 3.49. The Kier molecular flexibility index (Phi) is 4.64. The van der Waals surface area contributed by atoms with E-state index in [1.54, 1.807) is 30.6 Å². The smallest absolute Gasteiger partial charge is 0.192 e. The third kappa shape index (κ3) is 3.32. The van der Waals surface area contributed by atoms with Crippen molar-refractivity contribution in [3.63, 3.8) is 0 Å². The Hall–Kier alpha value is -2.24. The number of hydrogen-bond donors (Lipinski definition) is 0. The first kappa shape index (κ1) is 16.6. The number of halogens is 1. The number of alkyl halides is 1. The predicted molar refractivity (Wildman–Crippen MR) is 95.5 cm³/mol. The van der Waals surface area contributed by atoms with Crippen LogP contribution < -0.4 is 0 Å². The van der Waals surface area contributed by atoms with Crippen LogP contribution in [0.5, 0.6) is 0 Å². The van der Waals surface area contributed by atoms with Crippen molar-refractivity contribution in [3.8, 4) is 22.4 Å². The number of pyridine rings is 2. The van der Waals surface area contributed by atoms with Crippen molar-refractivity contribution in [1.29, 1.82) is 0 Å². The number of sulfone groups is 1. The van der Waals surface area contributed by atoms with Crippen LogP contribution >= 0.6 is 11.6 Å². The van der Waals surface area contributed by atoms with Crippen molar-refractivity contribution in [1.82, 2.24) is 9.97 Å². The molecule has 3 rings (SSSR count). The molecule has 2 aromatic heterocycles. The molecule has 0 spiro atoms. The lowest BCUT2D eigenvalue weighted by molar-refractivity contribution is 0.600. The molecule has 0 aliphatic heterocycles. The third-order valence-corrected chi connectivity index (χ3v) is 5.76. The summed E-state index contributed by atoms with van der Waals surface area (Å²) in [7, 11) is -3.48. The number of aromatic nitrogens is 2. The molecule has 0 radical (unpaired) electrons. The molecule has 2 heterocycles. The van der Waals surface area contributed by atoms with Crippen molar-refractivity contribution < 1.29 is 8.42 Å². The first-order valence-electron chi connectivity index (χ1n) is 7.28. The molecule has 0 N–H and O–H groups in total. The number of rotatable bonds is 4. The molecule has 0 bridgehead atoms. The average molecular weight is 359 g/mol. The second-order valence-electron chi connectivity index (χ2n) is 5.34. The van der Waals surface area contributed by atoms with Gasteiger partial charge in [-0.25, -0.2) is 8.42 Å². The van der Waals surface area contributed by atoms with Crippen molar-refractivity contribution in [2.45, 2.75) is 11.8 Å². The van der Waals surface area contributed by atoms with Crippen LogP contribution in [0.2, 0.25) is 0 Å². The summed E-state index contributed by atoms with van der Waals surface area (Å²) in [6.07, 6.45) is 3.47. The van der Waals surface area contributed by atoms with Gasteiger partial charge in [-0.2, -0.15) is 0 Å². The first-order valence-corrected chi connectivity index (χ1v) is 9.47. The summed E-state index contributed by atoms with van der Waals surface area (Å²) in [5.74, 6) is 0. The van der Waals surface area contributed by atoms with Gasteiger partial charge in [-0.3, -0.25) is 9.97 Å². The van der Waals surface area contributed by atoms with E-state index in [0.29, 0.717) is 0 Å². The van der Waals surface area contributed by atoms with Crippen LogP contribution in [0.15, 0.2) is 65.8 Å². The molecule has 0 saturated carbocycles. The molecule has 0 aliphatic carbocycles. The number of benzene rings is 1. The fourth-order valence-electron chi connectivity index (χ4n) is 2.40. The highest BCUT2D eigenvalue weighted by molar-refractivity contribution is 7.92. The van der Waals surface area contributed by atoms with Crippen molar-refractivity contribution in [2.75, 3.05) is 5.21 Å². The van der Waals surface area contributed by atoms with Crippen molar-refractivity contribution in [2.24, 2.45) is 0 Å². The molecule has 0 saturated heterocycles. The lowest BCUT2D eigenvalue weighted by Crippen LogP contribution is -2.02. The predicted octanol–water partition coefficient (Wildman–Crippen LogP) is 4.09. The normalized spacial score (nSPS) is 11.4. The topological polar surface area (TPSA) is 59.9 Å². The van der Waals surface area contributed by atoms with E-state index in [1.165, 1.54) is 0 Å². The van der Waals surface area contributed by atoms with Gasteiger partial charge in [-0.15, -0.1) is 11.6 Å². The Morgan fingerprint density at radius 2 is 1.83 bits per heavy atom. The van der Waals surface area contributed by atoms with Crippen LogP contribution in [0.3, 0.4) is 0 Å². The summed E-state index contributed by atoms with van der Waals surface area (Å²) in [5, 5.41) is -0.446. The zero-order valence-corrected chi connectivity index (χ0v) is 14.6. The highest BCUT2D eigenvalue weighted by Crippen LogP contribution is 2.31. The molecule has 122 valence electrons. The monoisotopic (exact) mass is 358 g/mol. The van der Waals surface area contributed by atoms with E-state index in [9.17, 15) is 8.42 Å². The van der Waals surface area contributed by atoms with Crippen LogP contribution in [0.25, 0.3) is 22.4 Å². The number of nitrogens with zero attached hydrogens (tertiary/aromatic N) is 2. The minimum absolute atomic E-state index is 0.201. The van der Waals surface area contributed by atoms with Gasteiger partial charge in [-0.1, -0.05) is 18.2 Å². The van der Waals surface area contributed by atoms with Gasteiger partial charge in [0.05, 0.1) is 10.6 Å². The van der Waals surface area contributed by atoms with E-state index >= 15 is 0 Å². The van der Waals surface area contributed by atoms with E-state index in [0.717, 1.165) is 28.1 Å². The summed E-state index contributed by atoms with van der Waals surface area (Å²) >= 11 is 5.56. The Bertz CT molecular complexity index is 970. The van der Waals surface area contributed by atoms with Crippen molar-refractivity contribution in [3.05, 3.63) is 66.6 Å². The van der Waals surface area contributed by atoms with E-state index < -0.39 is 15.0 Å². The van der Waals surface area contributed by atoms with Crippen LogP contribution in [0.4, 0.5) is 0 Å². The van der Waals surface area contributed by atoms with Gasteiger partial charge in [0.1, 0.15) is 5.21 Å². The van der Waals surface area contributed by atoms with Crippen LogP contribution in [-0.2, 0) is 9.84 Å². The van der Waals surface area contributed by atoms with Gasteiger partial charge in [0.2, 0.25) is 0 Å². The van der Waals surface area contributed by atoms with Crippen LogP contribution in [0, 0.1) is 6.92 Å². The highest BCUT2D eigenvalue weighted by Gasteiger charge is 2.15. The Labute approximate surface area is 146 Å². The molecule has 0 aliphatic rings. The van der Waals surface area contributed by atoms with Gasteiger partial charge < -0.3 is 0 Å². The maximum Gasteiger partial charge on any atom is 0.192 e. The van der Waals surface area contributed by atoms with Gasteiger partial charge in [0.25, 0.3) is 0 Å². The van der Waals surface area contributed by atoms with Gasteiger partial charge >= 0.3 is 0 Å². The summed E-state index contributed by atoms with van der Waals surface area (Å²) in [4.78, 5) is 8.96. The third-order valence-electron chi connectivity index (χ3n) is 3.64. The average Bonchev–Trinajstić information content (AvgIpc) is 2.62. The molecule has 0 amide bonds. The molecule has 3 aromatic rings. The van der Waals surface area contributed by atoms with E-state index in [1.807, 2.05) is 37.3 Å². The standard InChI is InChI=1S/C18H15ClN2O2S/c1-13-7-8-15(11-21-13)18-17(6-3-9-20-18)14-4-2-5-16(10-14)24(22,23)12-19/h2-11H,12H2,1H3. The molecule has 24 heavy (non-hydrogen) atoms. The zero-order valence-electron chi connectivity index (χ0n) is 13.0. The fraction of sp³-hybridized carbons (Fsp3) is 0.111. The number of aryl methyl sites for hydroxylation is 1. The molecule has 6 heteroatoms. The largest absolute Gasteiger partial charge is 0.261 e. The maximum absolute atomic E-state index is 12.0. The zero-order chi connectivity index (χ0) is 17.2. The van der Waals surface area contributed by atoms with Gasteiger partial charge in [-0.05, 0) is 42.8 Å². The number of hydrogen-bond acceptors (Lipinski definition) is 4. The maximum atomic E-state index is 12.0. The van der Waals surface area contributed by atoms with E-state index in [-0.39, 0.29) is 4.90 Å². The molecule has 0 atom stereocenters. The molecular formula is C18H15ClN2O2S. The summed E-state index contributed by atoms with van der Waals surface area (Å²) in [6, 6.07) is 14.3. The van der Waals surface area contributed by atoms with E-state index in [4.69, 9.17) is 11.6 Å². The Morgan fingerprint density at radius 3 is 2.54 bits per heavy atom. The molecule has 0 unspecified atom stereocenters. The lowest BCUT2D eigenvalue weighted by Gasteiger charge is -2.10. The molecular weight excluding hydrogens is 344 g/mol. The first-order chi connectivity index (χ1) is 11.5. The van der Waals surface area contributed by atoms with E-state index in [2.05, 4.69) is 9.97 Å². The SMILES string of the molecule is Cc1ccc(-c2ncccc2-c2cccc(S(=O)(=O)CCl)c2)cn1. The molecule has 0 fully saturated rings. The van der Waals surface area contributed by atoms with Gasteiger partial charge in [0, 0.05) is 29.2 Å². The van der Waals surface area contributed by atoms with Gasteiger partial charge in [0.15, 0.2) is 9.84 Å². The second kappa shape index (κ2) is 6.71. The van der Waals surface area contributed by atoms with Crippen molar-refractivity contribution >= 4 is 21.4 Å². The summed E-state index contributed by atoms with van der Waals surface area (Å²) in [6.45, 7) is 1.92. The minimum atomic E-state index is -3.48. The minimum Gasteiger partial charge on any atom is -0.261 e. The van der Waals surface area contributed by atoms with Crippen LogP contribution in [-0.4, -0.2) is 23.6 Å². The highest BCUT2D eigenvalue weighted by atomic mass is 35.5. The quantitative estimate of drug-likeness (QED) is 0.659. The second-order valence-corrected chi connectivity index (χ2v) is 7.91.